The number of pyridine rings is 1. The van der Waals surface area contributed by atoms with Gasteiger partial charge in [0.05, 0.1) is 0 Å². The van der Waals surface area contributed by atoms with Gasteiger partial charge in [0.15, 0.2) is 0 Å². The number of halogens is 1. The number of anilines is 1. The Labute approximate surface area is 79.4 Å². The van der Waals surface area contributed by atoms with Crippen LogP contribution >= 0.6 is 0 Å². The van der Waals surface area contributed by atoms with Crippen molar-refractivity contribution in [2.75, 3.05) is 5.73 Å². The van der Waals surface area contributed by atoms with E-state index in [0.29, 0.717) is 11.1 Å². The molecule has 0 fully saturated rings. The molecule has 3 nitrogen and oxygen atoms in total. The number of nitrogens with two attached hydrogens (primary N) is 1. The first-order valence-electron chi connectivity index (χ1n) is 4.18. The van der Waals surface area contributed by atoms with Crippen molar-refractivity contribution in [3.05, 3.63) is 40.1 Å². The molecule has 3 N–H and O–H groups in total. The summed E-state index contributed by atoms with van der Waals surface area (Å²) in [6, 6.07) is 4.60. The van der Waals surface area contributed by atoms with Crippen LogP contribution in [0.15, 0.2) is 23.0 Å². The first kappa shape index (κ1) is 8.74. The lowest BCUT2D eigenvalue weighted by atomic mass is 10.1. The lowest BCUT2D eigenvalue weighted by Gasteiger charge is -2.05. The van der Waals surface area contributed by atoms with E-state index in [0.717, 1.165) is 0 Å². The van der Waals surface area contributed by atoms with Crippen molar-refractivity contribution >= 4 is 16.5 Å². The van der Waals surface area contributed by atoms with E-state index in [-0.39, 0.29) is 11.1 Å². The average molecular weight is 192 g/mol. The summed E-state index contributed by atoms with van der Waals surface area (Å²) in [5.74, 6) is -0.464. The number of hydrogen-bond acceptors (Lipinski definition) is 2. The molecule has 0 spiro atoms. The van der Waals surface area contributed by atoms with Crippen molar-refractivity contribution < 1.29 is 4.39 Å². The maximum atomic E-state index is 13.4. The molecule has 1 aromatic carbocycles. The highest BCUT2D eigenvalue weighted by molar-refractivity contribution is 5.94. The monoisotopic (exact) mass is 192 g/mol. The van der Waals surface area contributed by atoms with Gasteiger partial charge in [0.25, 0.3) is 5.56 Å². The topological polar surface area (TPSA) is 58.9 Å². The highest BCUT2D eigenvalue weighted by Crippen LogP contribution is 2.22. The summed E-state index contributed by atoms with van der Waals surface area (Å²) in [4.78, 5) is 13.8. The minimum absolute atomic E-state index is 0.0660. The van der Waals surface area contributed by atoms with Crippen LogP contribution in [-0.2, 0) is 0 Å². The number of aromatic nitrogens is 1. The molecule has 0 radical (unpaired) electrons. The molecule has 0 aliphatic rings. The summed E-state index contributed by atoms with van der Waals surface area (Å²) < 4.78 is 13.4. The molecular weight excluding hydrogens is 183 g/mol. The molecular formula is C10H9FN2O. The molecule has 72 valence electrons. The van der Waals surface area contributed by atoms with E-state index in [1.807, 2.05) is 0 Å². The van der Waals surface area contributed by atoms with Gasteiger partial charge in [0.2, 0.25) is 0 Å². The number of hydrogen-bond donors (Lipinski definition) is 2. The minimum atomic E-state index is -0.464. The number of nitrogens with one attached hydrogen (secondary N) is 1. The molecule has 4 heteroatoms. The average Bonchev–Trinajstić information content (AvgIpc) is 2.14. The number of H-pyrrole nitrogens is 1. The van der Waals surface area contributed by atoms with Gasteiger partial charge in [-0.15, -0.1) is 0 Å². The molecule has 0 saturated heterocycles. The SMILES string of the molecule is Cc1[nH]c(=O)c(N)c2c(F)cccc12. The fraction of sp³-hybridized carbons (Fsp3) is 0.100. The van der Waals surface area contributed by atoms with Crippen LogP contribution in [0, 0.1) is 12.7 Å². The summed E-state index contributed by atoms with van der Waals surface area (Å²) in [7, 11) is 0. The maximum absolute atomic E-state index is 13.4. The molecule has 0 amide bonds. The number of benzene rings is 1. The third-order valence-corrected chi connectivity index (χ3v) is 2.23. The zero-order chi connectivity index (χ0) is 10.3. The van der Waals surface area contributed by atoms with E-state index in [4.69, 9.17) is 5.73 Å². The first-order valence-corrected chi connectivity index (χ1v) is 4.18. The van der Waals surface area contributed by atoms with E-state index < -0.39 is 11.4 Å². The van der Waals surface area contributed by atoms with Crippen molar-refractivity contribution in [1.82, 2.24) is 4.98 Å². The number of fused-ring (bicyclic) bond motifs is 1. The van der Waals surface area contributed by atoms with Gasteiger partial charge < -0.3 is 10.7 Å². The Morgan fingerprint density at radius 3 is 2.86 bits per heavy atom. The van der Waals surface area contributed by atoms with E-state index in [2.05, 4.69) is 4.98 Å². The van der Waals surface area contributed by atoms with Gasteiger partial charge in [-0.25, -0.2) is 4.39 Å². The second-order valence-corrected chi connectivity index (χ2v) is 3.16. The molecule has 0 aliphatic carbocycles. The summed E-state index contributed by atoms with van der Waals surface area (Å²) >= 11 is 0. The van der Waals surface area contributed by atoms with Crippen LogP contribution in [-0.4, -0.2) is 4.98 Å². The molecule has 14 heavy (non-hydrogen) atoms. The van der Waals surface area contributed by atoms with Crippen molar-refractivity contribution in [3.8, 4) is 0 Å². The predicted octanol–water partition coefficient (Wildman–Crippen LogP) is 1.56. The van der Waals surface area contributed by atoms with Gasteiger partial charge in [-0.3, -0.25) is 4.79 Å². The van der Waals surface area contributed by atoms with Crippen LogP contribution in [0.3, 0.4) is 0 Å². The number of rotatable bonds is 0. The van der Waals surface area contributed by atoms with Crippen LogP contribution in [0.2, 0.25) is 0 Å². The predicted molar refractivity (Wildman–Crippen MR) is 53.7 cm³/mol. The van der Waals surface area contributed by atoms with E-state index in [1.165, 1.54) is 6.07 Å². The third-order valence-electron chi connectivity index (χ3n) is 2.23. The molecule has 2 rings (SSSR count). The third kappa shape index (κ3) is 1.08. The molecule has 0 atom stereocenters. The van der Waals surface area contributed by atoms with Crippen molar-refractivity contribution in [1.29, 1.82) is 0 Å². The Balaban J connectivity index is 3.11. The summed E-state index contributed by atoms with van der Waals surface area (Å²) in [6.45, 7) is 1.71. The van der Waals surface area contributed by atoms with Gasteiger partial charge >= 0.3 is 0 Å². The molecule has 0 unspecified atom stereocenters. The maximum Gasteiger partial charge on any atom is 0.272 e. The number of nitrogen functional groups attached to an aromatic ring is 1. The van der Waals surface area contributed by atoms with Crippen molar-refractivity contribution in [3.63, 3.8) is 0 Å². The zero-order valence-electron chi connectivity index (χ0n) is 7.60. The Kier molecular flexibility index (Phi) is 1.77. The molecule has 0 bridgehead atoms. The second kappa shape index (κ2) is 2.83. The fourth-order valence-corrected chi connectivity index (χ4v) is 1.53. The largest absolute Gasteiger partial charge is 0.394 e. The highest BCUT2D eigenvalue weighted by atomic mass is 19.1. The summed E-state index contributed by atoms with van der Waals surface area (Å²) in [5, 5.41) is 0.843. The zero-order valence-corrected chi connectivity index (χ0v) is 7.60. The molecule has 0 saturated carbocycles. The Morgan fingerprint density at radius 1 is 1.43 bits per heavy atom. The van der Waals surface area contributed by atoms with Gasteiger partial charge in [-0.05, 0) is 13.0 Å². The molecule has 1 aromatic heterocycles. The van der Waals surface area contributed by atoms with E-state index in [1.54, 1.807) is 19.1 Å². The molecule has 0 aliphatic heterocycles. The highest BCUT2D eigenvalue weighted by Gasteiger charge is 2.09. The summed E-state index contributed by atoms with van der Waals surface area (Å²) in [6.07, 6.45) is 0. The minimum Gasteiger partial charge on any atom is -0.394 e. The fourth-order valence-electron chi connectivity index (χ4n) is 1.53. The van der Waals surface area contributed by atoms with Crippen LogP contribution in [0.25, 0.3) is 10.8 Å². The van der Waals surface area contributed by atoms with Gasteiger partial charge in [0, 0.05) is 16.5 Å². The molecule has 1 heterocycles. The van der Waals surface area contributed by atoms with Crippen LogP contribution < -0.4 is 11.3 Å². The van der Waals surface area contributed by atoms with Gasteiger partial charge in [0.1, 0.15) is 11.5 Å². The summed E-state index contributed by atoms with van der Waals surface area (Å²) in [5.41, 5.74) is 5.62. The lowest BCUT2D eigenvalue weighted by Crippen LogP contribution is -2.14. The van der Waals surface area contributed by atoms with E-state index >= 15 is 0 Å². The molecule has 2 aromatic rings. The smallest absolute Gasteiger partial charge is 0.272 e. The van der Waals surface area contributed by atoms with Gasteiger partial charge in [-0.1, -0.05) is 12.1 Å². The lowest BCUT2D eigenvalue weighted by molar-refractivity contribution is 0.640. The van der Waals surface area contributed by atoms with Crippen molar-refractivity contribution in [2.45, 2.75) is 6.92 Å². The normalized spacial score (nSPS) is 10.7. The first-order chi connectivity index (χ1) is 6.61. The quantitative estimate of drug-likeness (QED) is 0.665. The Bertz CT molecular complexity index is 560. The van der Waals surface area contributed by atoms with Crippen LogP contribution in [0.1, 0.15) is 5.69 Å². The van der Waals surface area contributed by atoms with Crippen molar-refractivity contribution in [2.24, 2.45) is 0 Å². The number of aryl methyl sites for hydroxylation is 1. The second-order valence-electron chi connectivity index (χ2n) is 3.16. The Morgan fingerprint density at radius 2 is 2.14 bits per heavy atom. The standard InChI is InChI=1S/C10H9FN2O/c1-5-6-3-2-4-7(11)8(6)9(12)10(14)13-5/h2-4H,12H2,1H3,(H,13,14). The van der Waals surface area contributed by atoms with Crippen LogP contribution in [0.4, 0.5) is 10.1 Å². The van der Waals surface area contributed by atoms with Crippen LogP contribution in [0.5, 0.6) is 0 Å². The van der Waals surface area contributed by atoms with E-state index in [9.17, 15) is 9.18 Å². The Hall–Kier alpha value is -1.84. The van der Waals surface area contributed by atoms with Gasteiger partial charge in [-0.2, -0.15) is 0 Å². The number of aromatic amines is 1.